The molecule has 32 heavy (non-hydrogen) atoms. The molecule has 0 aliphatic heterocycles. The third kappa shape index (κ3) is 3.37. The average Bonchev–Trinajstić information content (AvgIpc) is 3.38. The van der Waals surface area contributed by atoms with Crippen LogP contribution in [0.15, 0.2) is 47.7 Å². The van der Waals surface area contributed by atoms with Crippen molar-refractivity contribution in [1.82, 2.24) is 34.3 Å². The Morgan fingerprint density at radius 2 is 2.06 bits per heavy atom. The lowest BCUT2D eigenvalue weighted by atomic mass is 9.93. The Balaban J connectivity index is 1.52. The van der Waals surface area contributed by atoms with E-state index < -0.39 is 0 Å². The number of carbonyl (C=O) groups is 1. The van der Waals surface area contributed by atoms with E-state index in [1.807, 2.05) is 0 Å². The van der Waals surface area contributed by atoms with Crippen molar-refractivity contribution in [3.63, 3.8) is 0 Å². The fraction of sp³-hybridized carbons (Fsp3) is 0.286. The summed E-state index contributed by atoms with van der Waals surface area (Å²) in [5, 5.41) is 17.6. The zero-order valence-electron chi connectivity index (χ0n) is 17.7. The minimum absolute atomic E-state index is 0.199. The summed E-state index contributed by atoms with van der Waals surface area (Å²) >= 11 is 0. The van der Waals surface area contributed by atoms with Crippen molar-refractivity contribution in [2.24, 2.45) is 7.05 Å². The predicted molar refractivity (Wildman–Crippen MR) is 120 cm³/mol. The van der Waals surface area contributed by atoms with Gasteiger partial charge in [-0.3, -0.25) is 18.8 Å². The van der Waals surface area contributed by atoms with E-state index >= 15 is 0 Å². The van der Waals surface area contributed by atoms with Crippen molar-refractivity contribution >= 4 is 28.9 Å². The standard InChI is InChI=1S/C21H23N9O2/c1-22-17-11-16(26-15-7-4-10-29(21(15)32)18-8-9-23-28(18)2)27-19-14(12-24-30(17)19)20(31)25-13-5-3-6-13/h4,7-13,22H,3,5-6H2,1-2H3,(H,25,31)(H,26,27). The molecule has 5 rings (SSSR count). The quantitative estimate of drug-likeness (QED) is 0.423. The summed E-state index contributed by atoms with van der Waals surface area (Å²) in [6.07, 6.45) is 7.93. The van der Waals surface area contributed by atoms with Crippen LogP contribution in [0.4, 0.5) is 17.3 Å². The molecule has 3 N–H and O–H groups in total. The number of fused-ring (bicyclic) bond motifs is 1. The first-order valence-corrected chi connectivity index (χ1v) is 10.4. The molecule has 1 aliphatic rings. The van der Waals surface area contributed by atoms with Gasteiger partial charge in [0.15, 0.2) is 5.65 Å². The number of pyridine rings is 1. The van der Waals surface area contributed by atoms with Gasteiger partial charge < -0.3 is 16.0 Å². The van der Waals surface area contributed by atoms with Crippen LogP contribution in [0.2, 0.25) is 0 Å². The average molecular weight is 433 g/mol. The normalized spacial score (nSPS) is 13.7. The first kappa shape index (κ1) is 19.8. The van der Waals surface area contributed by atoms with Crippen molar-refractivity contribution in [1.29, 1.82) is 0 Å². The minimum Gasteiger partial charge on any atom is -0.373 e. The topological polar surface area (TPSA) is 123 Å². The number of hydrogen-bond donors (Lipinski definition) is 3. The van der Waals surface area contributed by atoms with E-state index in [9.17, 15) is 9.59 Å². The van der Waals surface area contributed by atoms with E-state index in [1.54, 1.807) is 60.0 Å². The largest absolute Gasteiger partial charge is 0.373 e. The highest BCUT2D eigenvalue weighted by molar-refractivity contribution is 6.00. The van der Waals surface area contributed by atoms with Crippen LogP contribution in [0.1, 0.15) is 29.6 Å². The number of nitrogens with zero attached hydrogens (tertiary/aromatic N) is 6. The van der Waals surface area contributed by atoms with Gasteiger partial charge in [-0.15, -0.1) is 0 Å². The molecule has 1 aliphatic carbocycles. The highest BCUT2D eigenvalue weighted by Crippen LogP contribution is 2.23. The molecule has 1 saturated carbocycles. The third-order valence-electron chi connectivity index (χ3n) is 5.66. The van der Waals surface area contributed by atoms with Gasteiger partial charge in [0.25, 0.3) is 11.5 Å². The van der Waals surface area contributed by atoms with Crippen LogP contribution in [-0.2, 0) is 7.05 Å². The Morgan fingerprint density at radius 1 is 1.22 bits per heavy atom. The lowest BCUT2D eigenvalue weighted by molar-refractivity contribution is 0.0918. The number of aromatic nitrogens is 6. The molecule has 0 saturated heterocycles. The van der Waals surface area contributed by atoms with Gasteiger partial charge in [-0.05, 0) is 31.4 Å². The molecular weight excluding hydrogens is 410 g/mol. The Labute approximate surface area is 183 Å². The highest BCUT2D eigenvalue weighted by atomic mass is 16.2. The molecule has 0 atom stereocenters. The van der Waals surface area contributed by atoms with Gasteiger partial charge in [0.05, 0.1) is 12.4 Å². The zero-order chi connectivity index (χ0) is 22.2. The number of rotatable bonds is 6. The number of hydrogen-bond acceptors (Lipinski definition) is 7. The van der Waals surface area contributed by atoms with Crippen molar-refractivity contribution in [3.8, 4) is 5.82 Å². The molecule has 0 aromatic carbocycles. The van der Waals surface area contributed by atoms with Crippen molar-refractivity contribution in [3.05, 3.63) is 58.8 Å². The van der Waals surface area contributed by atoms with E-state index in [0.717, 1.165) is 19.3 Å². The first-order valence-electron chi connectivity index (χ1n) is 10.4. The molecular formula is C21H23N9O2. The minimum atomic E-state index is -0.250. The molecule has 1 fully saturated rings. The smallest absolute Gasteiger partial charge is 0.279 e. The maximum Gasteiger partial charge on any atom is 0.279 e. The molecule has 11 heteroatoms. The fourth-order valence-electron chi connectivity index (χ4n) is 3.69. The molecule has 4 aromatic rings. The summed E-state index contributed by atoms with van der Waals surface area (Å²) in [6.45, 7) is 0. The van der Waals surface area contributed by atoms with E-state index in [2.05, 4.69) is 31.1 Å². The number of amides is 1. The van der Waals surface area contributed by atoms with Crippen molar-refractivity contribution in [2.75, 3.05) is 17.7 Å². The molecule has 1 amide bonds. The Hall–Kier alpha value is -4.15. The Bertz CT molecular complexity index is 1360. The summed E-state index contributed by atoms with van der Waals surface area (Å²) < 4.78 is 4.69. The second kappa shape index (κ2) is 7.84. The molecule has 0 spiro atoms. The van der Waals surface area contributed by atoms with Crippen LogP contribution in [0.3, 0.4) is 0 Å². The van der Waals surface area contributed by atoms with Crippen LogP contribution in [0.5, 0.6) is 0 Å². The van der Waals surface area contributed by atoms with E-state index in [1.165, 1.54) is 10.8 Å². The number of aryl methyl sites for hydroxylation is 1. The second-order valence-electron chi connectivity index (χ2n) is 7.71. The molecule has 0 unspecified atom stereocenters. The summed E-state index contributed by atoms with van der Waals surface area (Å²) in [4.78, 5) is 30.4. The van der Waals surface area contributed by atoms with Gasteiger partial charge in [-0.2, -0.15) is 14.7 Å². The first-order chi connectivity index (χ1) is 15.5. The molecule has 164 valence electrons. The lowest BCUT2D eigenvalue weighted by Gasteiger charge is -2.26. The maximum atomic E-state index is 13.1. The summed E-state index contributed by atoms with van der Waals surface area (Å²) in [5.41, 5.74) is 0.879. The molecule has 0 radical (unpaired) electrons. The molecule has 4 heterocycles. The second-order valence-corrected chi connectivity index (χ2v) is 7.71. The molecule has 11 nitrogen and oxygen atoms in total. The fourth-order valence-corrected chi connectivity index (χ4v) is 3.69. The summed E-state index contributed by atoms with van der Waals surface area (Å²) in [7, 11) is 3.53. The number of nitrogens with one attached hydrogen (secondary N) is 3. The molecule has 0 bridgehead atoms. The zero-order valence-corrected chi connectivity index (χ0v) is 17.7. The van der Waals surface area contributed by atoms with Gasteiger partial charge in [-0.25, -0.2) is 4.98 Å². The van der Waals surface area contributed by atoms with E-state index in [0.29, 0.717) is 34.4 Å². The Morgan fingerprint density at radius 3 is 2.75 bits per heavy atom. The number of anilines is 3. The van der Waals surface area contributed by atoms with Crippen LogP contribution < -0.4 is 21.5 Å². The van der Waals surface area contributed by atoms with Crippen LogP contribution >= 0.6 is 0 Å². The van der Waals surface area contributed by atoms with Gasteiger partial charge >= 0.3 is 0 Å². The highest BCUT2D eigenvalue weighted by Gasteiger charge is 2.23. The maximum absolute atomic E-state index is 13.1. The van der Waals surface area contributed by atoms with E-state index in [-0.39, 0.29) is 17.5 Å². The lowest BCUT2D eigenvalue weighted by Crippen LogP contribution is -2.39. The van der Waals surface area contributed by atoms with Gasteiger partial charge in [0.1, 0.15) is 28.7 Å². The van der Waals surface area contributed by atoms with Crippen LogP contribution in [-0.4, -0.2) is 47.9 Å². The van der Waals surface area contributed by atoms with Crippen molar-refractivity contribution in [2.45, 2.75) is 25.3 Å². The third-order valence-corrected chi connectivity index (χ3v) is 5.66. The Kier molecular flexibility index (Phi) is 4.85. The number of carbonyl (C=O) groups excluding carboxylic acids is 1. The SMILES string of the molecule is CNc1cc(Nc2cccn(-c3ccnn3C)c2=O)nc2c(C(=O)NC3CCC3)cnn12. The summed E-state index contributed by atoms with van der Waals surface area (Å²) in [6, 6.07) is 7.14. The predicted octanol–water partition coefficient (Wildman–Crippen LogP) is 1.68. The van der Waals surface area contributed by atoms with Gasteiger partial charge in [-0.1, -0.05) is 0 Å². The van der Waals surface area contributed by atoms with E-state index in [4.69, 9.17) is 0 Å². The van der Waals surface area contributed by atoms with Crippen LogP contribution in [0, 0.1) is 0 Å². The van der Waals surface area contributed by atoms with Gasteiger partial charge in [0, 0.05) is 38.5 Å². The molecule has 4 aromatic heterocycles. The monoisotopic (exact) mass is 433 g/mol. The summed E-state index contributed by atoms with van der Waals surface area (Å²) in [5.74, 6) is 1.49. The van der Waals surface area contributed by atoms with Crippen LogP contribution in [0.25, 0.3) is 11.5 Å². The van der Waals surface area contributed by atoms with Crippen molar-refractivity contribution < 1.29 is 4.79 Å². The van der Waals surface area contributed by atoms with Gasteiger partial charge in [0.2, 0.25) is 0 Å².